The smallest absolute Gasteiger partial charge is 0.416 e. The first-order chi connectivity index (χ1) is 17.1. The van der Waals surface area contributed by atoms with Crippen LogP contribution < -0.4 is 14.2 Å². The van der Waals surface area contributed by atoms with Crippen molar-refractivity contribution in [3.05, 3.63) is 71.3 Å². The van der Waals surface area contributed by atoms with Gasteiger partial charge in [-0.05, 0) is 24.3 Å². The third kappa shape index (κ3) is 4.88. The van der Waals surface area contributed by atoms with E-state index in [0.717, 1.165) is 23.5 Å². The molecule has 2 aromatic heterocycles. The van der Waals surface area contributed by atoms with E-state index < -0.39 is 27.9 Å². The zero-order valence-corrected chi connectivity index (χ0v) is 20.2. The van der Waals surface area contributed by atoms with Crippen LogP contribution in [0.2, 0.25) is 0 Å². The second kappa shape index (κ2) is 9.13. The summed E-state index contributed by atoms with van der Waals surface area (Å²) < 4.78 is 85.0. The second-order valence-corrected chi connectivity index (χ2v) is 10.4. The third-order valence-corrected chi connectivity index (χ3v) is 7.56. The molecule has 0 amide bonds. The molecule has 3 heterocycles. The maximum atomic E-state index is 13.4. The number of nitrogens with one attached hydrogen (secondary N) is 1. The van der Waals surface area contributed by atoms with Crippen molar-refractivity contribution < 1.29 is 35.5 Å². The van der Waals surface area contributed by atoms with Gasteiger partial charge in [-0.3, -0.25) is 4.72 Å². The number of hydrogen-bond acceptors (Lipinski definition) is 8. The van der Waals surface area contributed by atoms with Gasteiger partial charge in [0.1, 0.15) is 29.6 Å². The average molecular weight is 538 g/mol. The lowest BCUT2D eigenvalue weighted by atomic mass is 10.0. The lowest BCUT2D eigenvalue weighted by molar-refractivity contribution is -0.137. The average Bonchev–Trinajstić information content (AvgIpc) is 3.50. The summed E-state index contributed by atoms with van der Waals surface area (Å²) in [7, 11) is -3.90. The molecule has 4 aromatic rings. The Labute approximate surface area is 207 Å². The fourth-order valence-electron chi connectivity index (χ4n) is 3.72. The SMILES string of the molecule is Cc1nc(-c2cc(C(F)(F)F)ccc2O[C@@H]2CCOc3cc(S(=O)(=O)Nc4nccs4)ccc32)co1. The van der Waals surface area contributed by atoms with E-state index in [1.54, 1.807) is 18.4 Å². The summed E-state index contributed by atoms with van der Waals surface area (Å²) >= 11 is 1.14. The predicted octanol–water partition coefficient (Wildman–Crippen LogP) is 5.83. The first-order valence-electron chi connectivity index (χ1n) is 10.6. The number of hydrogen-bond donors (Lipinski definition) is 1. The number of ether oxygens (including phenoxy) is 2. The van der Waals surface area contributed by atoms with E-state index in [-0.39, 0.29) is 33.6 Å². The van der Waals surface area contributed by atoms with Crippen LogP contribution >= 0.6 is 11.3 Å². The zero-order chi connectivity index (χ0) is 25.5. The number of oxazole rings is 1. The molecule has 1 atom stereocenters. The van der Waals surface area contributed by atoms with Gasteiger partial charge >= 0.3 is 6.18 Å². The highest BCUT2D eigenvalue weighted by molar-refractivity contribution is 7.93. The van der Waals surface area contributed by atoms with Gasteiger partial charge in [0.15, 0.2) is 11.0 Å². The molecule has 0 saturated carbocycles. The van der Waals surface area contributed by atoms with Gasteiger partial charge in [-0.25, -0.2) is 18.4 Å². The van der Waals surface area contributed by atoms with E-state index >= 15 is 0 Å². The Balaban J connectivity index is 1.47. The first kappa shape index (κ1) is 24.1. The number of sulfonamides is 1. The van der Waals surface area contributed by atoms with Crippen LogP contribution in [0.4, 0.5) is 18.3 Å². The van der Waals surface area contributed by atoms with Crippen molar-refractivity contribution in [3.63, 3.8) is 0 Å². The van der Waals surface area contributed by atoms with Crippen molar-refractivity contribution in [2.75, 3.05) is 11.3 Å². The molecule has 0 unspecified atom stereocenters. The maximum Gasteiger partial charge on any atom is 0.416 e. The molecule has 0 radical (unpaired) electrons. The van der Waals surface area contributed by atoms with Crippen LogP contribution in [-0.2, 0) is 16.2 Å². The number of aryl methyl sites for hydroxylation is 1. The van der Waals surface area contributed by atoms with Gasteiger partial charge in [0, 0.05) is 42.1 Å². The minimum absolute atomic E-state index is 0.0228. The molecule has 2 aromatic carbocycles. The minimum atomic E-state index is -4.55. The van der Waals surface area contributed by atoms with Crippen LogP contribution in [0.5, 0.6) is 11.5 Å². The normalized spacial score (nSPS) is 15.7. The van der Waals surface area contributed by atoms with Crippen LogP contribution in [-0.4, -0.2) is 25.0 Å². The summed E-state index contributed by atoms with van der Waals surface area (Å²) in [5.41, 5.74) is 0.0502. The maximum absolute atomic E-state index is 13.4. The number of alkyl halides is 3. The Morgan fingerprint density at radius 1 is 1.19 bits per heavy atom. The summed E-state index contributed by atoms with van der Waals surface area (Å²) in [6, 6.07) is 7.51. The molecule has 36 heavy (non-hydrogen) atoms. The minimum Gasteiger partial charge on any atom is -0.493 e. The van der Waals surface area contributed by atoms with Crippen molar-refractivity contribution in [1.29, 1.82) is 0 Å². The predicted molar refractivity (Wildman–Crippen MR) is 125 cm³/mol. The molecule has 5 rings (SSSR count). The lowest BCUT2D eigenvalue weighted by Crippen LogP contribution is -2.20. The van der Waals surface area contributed by atoms with Gasteiger partial charge in [-0.15, -0.1) is 11.3 Å². The molecule has 0 saturated heterocycles. The highest BCUT2D eigenvalue weighted by Gasteiger charge is 2.33. The van der Waals surface area contributed by atoms with Gasteiger partial charge in [0.05, 0.1) is 17.1 Å². The standard InChI is InChI=1S/C23H18F3N3O5S2/c1-13-28-18(12-33-13)17-10-14(23(24,25)26)2-5-19(17)34-20-6-8-32-21-11-15(3-4-16(20)21)36(30,31)29-22-27-7-9-35-22/h2-5,7,9-12,20H,6,8H2,1H3,(H,27,29)/t20-/m1/s1. The second-order valence-electron chi connectivity index (χ2n) is 7.85. The van der Waals surface area contributed by atoms with Gasteiger partial charge in [0.25, 0.3) is 10.0 Å². The van der Waals surface area contributed by atoms with E-state index in [1.165, 1.54) is 30.7 Å². The molecule has 0 bridgehead atoms. The van der Waals surface area contributed by atoms with Crippen LogP contribution in [0, 0.1) is 6.92 Å². The molecule has 8 nitrogen and oxygen atoms in total. The fourth-order valence-corrected chi connectivity index (χ4v) is 5.53. The molecule has 188 valence electrons. The molecule has 0 spiro atoms. The molecule has 13 heteroatoms. The Morgan fingerprint density at radius 3 is 2.72 bits per heavy atom. The summed E-state index contributed by atoms with van der Waals surface area (Å²) in [6.45, 7) is 1.81. The zero-order valence-electron chi connectivity index (χ0n) is 18.6. The van der Waals surface area contributed by atoms with E-state index in [2.05, 4.69) is 14.7 Å². The number of rotatable bonds is 6. The van der Waals surface area contributed by atoms with Gasteiger partial charge in [0.2, 0.25) is 0 Å². The third-order valence-electron chi connectivity index (χ3n) is 5.40. The molecule has 1 N–H and O–H groups in total. The molecule has 1 aliphatic heterocycles. The number of fused-ring (bicyclic) bond motifs is 1. The number of anilines is 1. The van der Waals surface area contributed by atoms with Gasteiger partial charge in [-0.1, -0.05) is 6.07 Å². The number of halogens is 3. The molecular formula is C23H18F3N3O5S2. The molecular weight excluding hydrogens is 519 g/mol. The summed E-state index contributed by atoms with van der Waals surface area (Å²) in [4.78, 5) is 8.06. The van der Waals surface area contributed by atoms with Crippen LogP contribution in [0.1, 0.15) is 29.5 Å². The van der Waals surface area contributed by atoms with E-state index in [0.29, 0.717) is 23.6 Å². The molecule has 1 aliphatic rings. The Morgan fingerprint density at radius 2 is 2.03 bits per heavy atom. The fraction of sp³-hybridized carbons (Fsp3) is 0.217. The highest BCUT2D eigenvalue weighted by Crippen LogP contribution is 2.42. The highest BCUT2D eigenvalue weighted by atomic mass is 32.2. The van der Waals surface area contributed by atoms with E-state index in [1.807, 2.05) is 0 Å². The van der Waals surface area contributed by atoms with Crippen molar-refractivity contribution in [2.45, 2.75) is 30.5 Å². The van der Waals surface area contributed by atoms with E-state index in [4.69, 9.17) is 13.9 Å². The number of benzene rings is 2. The topological polar surface area (TPSA) is 104 Å². The van der Waals surface area contributed by atoms with Crippen molar-refractivity contribution in [3.8, 4) is 22.8 Å². The molecule has 0 fully saturated rings. The summed E-state index contributed by atoms with van der Waals surface area (Å²) in [6.07, 6.45) is -2.00. The first-order valence-corrected chi connectivity index (χ1v) is 13.0. The Bertz CT molecular complexity index is 1500. The van der Waals surface area contributed by atoms with Crippen molar-refractivity contribution in [1.82, 2.24) is 9.97 Å². The summed E-state index contributed by atoms with van der Waals surface area (Å²) in [5, 5.41) is 1.87. The quantitative estimate of drug-likeness (QED) is 0.330. The monoisotopic (exact) mass is 537 g/mol. The molecule has 0 aliphatic carbocycles. The van der Waals surface area contributed by atoms with Gasteiger partial charge in [-0.2, -0.15) is 13.2 Å². The number of nitrogens with zero attached hydrogens (tertiary/aromatic N) is 2. The van der Waals surface area contributed by atoms with E-state index in [9.17, 15) is 21.6 Å². The van der Waals surface area contributed by atoms with Crippen LogP contribution in [0.3, 0.4) is 0 Å². The largest absolute Gasteiger partial charge is 0.493 e. The Kier molecular flexibility index (Phi) is 6.12. The van der Waals surface area contributed by atoms with Crippen LogP contribution in [0.25, 0.3) is 11.3 Å². The van der Waals surface area contributed by atoms with Crippen LogP contribution in [0.15, 0.2) is 63.6 Å². The Hall–Kier alpha value is -3.58. The van der Waals surface area contributed by atoms with Gasteiger partial charge < -0.3 is 13.9 Å². The number of aromatic nitrogens is 2. The number of thiazole rings is 1. The lowest BCUT2D eigenvalue weighted by Gasteiger charge is -2.28. The summed E-state index contributed by atoms with van der Waals surface area (Å²) in [5.74, 6) is 0.778. The van der Waals surface area contributed by atoms with Crippen molar-refractivity contribution >= 4 is 26.5 Å². The van der Waals surface area contributed by atoms with Crippen molar-refractivity contribution in [2.24, 2.45) is 0 Å².